The highest BCUT2D eigenvalue weighted by Crippen LogP contribution is 2.18. The van der Waals surface area contributed by atoms with Crippen LogP contribution in [-0.2, 0) is 16.0 Å². The monoisotopic (exact) mass is 223 g/mol. The van der Waals surface area contributed by atoms with Gasteiger partial charge in [0.25, 0.3) is 0 Å². The van der Waals surface area contributed by atoms with Gasteiger partial charge in [0, 0.05) is 6.42 Å². The van der Waals surface area contributed by atoms with Crippen LogP contribution in [0.3, 0.4) is 0 Å². The summed E-state index contributed by atoms with van der Waals surface area (Å²) in [7, 11) is 1.64. The zero-order chi connectivity index (χ0) is 12.0. The van der Waals surface area contributed by atoms with E-state index >= 15 is 0 Å². The fourth-order valence-corrected chi connectivity index (χ4v) is 1.44. The lowest BCUT2D eigenvalue weighted by Gasteiger charge is -2.07. The quantitative estimate of drug-likeness (QED) is 0.758. The molecule has 1 aromatic rings. The molecule has 4 nitrogen and oxygen atoms in total. The third kappa shape index (κ3) is 3.55. The van der Waals surface area contributed by atoms with E-state index < -0.39 is 0 Å². The second-order valence-electron chi connectivity index (χ2n) is 3.48. The lowest BCUT2D eigenvalue weighted by atomic mass is 10.1. The molecule has 0 atom stereocenters. The minimum Gasteiger partial charge on any atom is -0.496 e. The molecule has 0 unspecified atom stereocenters. The molecule has 0 aliphatic rings. The Kier molecular flexibility index (Phi) is 4.79. The van der Waals surface area contributed by atoms with E-state index in [1.54, 1.807) is 7.11 Å². The molecular formula is C12H17NO3. The molecule has 2 N–H and O–H groups in total. The van der Waals surface area contributed by atoms with E-state index in [1.165, 1.54) is 0 Å². The Hall–Kier alpha value is -1.55. The second-order valence-corrected chi connectivity index (χ2v) is 3.48. The fourth-order valence-electron chi connectivity index (χ4n) is 1.44. The molecule has 1 rings (SSSR count). The number of esters is 1. The first-order chi connectivity index (χ1) is 7.67. The molecule has 0 aromatic heterocycles. The van der Waals surface area contributed by atoms with Gasteiger partial charge >= 0.3 is 5.97 Å². The summed E-state index contributed by atoms with van der Waals surface area (Å²) < 4.78 is 10.1. The summed E-state index contributed by atoms with van der Waals surface area (Å²) in [4.78, 5) is 10.8. The molecule has 0 saturated heterocycles. The van der Waals surface area contributed by atoms with Crippen LogP contribution in [0.1, 0.15) is 11.1 Å². The number of hydrogen-bond donors (Lipinski definition) is 1. The first kappa shape index (κ1) is 12.5. The predicted octanol–water partition coefficient (Wildman–Crippen LogP) is 1.05. The third-order valence-corrected chi connectivity index (χ3v) is 2.28. The lowest BCUT2D eigenvalue weighted by Crippen LogP contribution is -2.17. The van der Waals surface area contributed by atoms with E-state index in [2.05, 4.69) is 0 Å². The van der Waals surface area contributed by atoms with E-state index in [0.29, 0.717) is 13.0 Å². The average molecular weight is 223 g/mol. The Labute approximate surface area is 95.3 Å². The van der Waals surface area contributed by atoms with Gasteiger partial charge in [0.15, 0.2) is 0 Å². The van der Waals surface area contributed by atoms with E-state index in [1.807, 2.05) is 25.1 Å². The Bertz CT molecular complexity index is 363. The van der Waals surface area contributed by atoms with E-state index in [-0.39, 0.29) is 12.5 Å². The van der Waals surface area contributed by atoms with Crippen molar-refractivity contribution in [1.82, 2.24) is 0 Å². The molecule has 0 spiro atoms. The van der Waals surface area contributed by atoms with Crippen molar-refractivity contribution >= 4 is 5.97 Å². The zero-order valence-corrected chi connectivity index (χ0v) is 9.66. The van der Waals surface area contributed by atoms with Crippen LogP contribution in [0.2, 0.25) is 0 Å². The smallest absolute Gasteiger partial charge is 0.319 e. The number of nitrogens with two attached hydrogens (primary N) is 1. The van der Waals surface area contributed by atoms with Crippen molar-refractivity contribution in [2.45, 2.75) is 13.3 Å². The normalized spacial score (nSPS) is 9.94. The van der Waals surface area contributed by atoms with Crippen LogP contribution in [0.4, 0.5) is 0 Å². The highest BCUT2D eigenvalue weighted by atomic mass is 16.5. The Morgan fingerprint density at radius 2 is 2.19 bits per heavy atom. The van der Waals surface area contributed by atoms with Gasteiger partial charge < -0.3 is 15.2 Å². The van der Waals surface area contributed by atoms with Crippen molar-refractivity contribution in [3.05, 3.63) is 29.3 Å². The Morgan fingerprint density at radius 3 is 2.75 bits per heavy atom. The molecule has 4 heteroatoms. The molecule has 0 saturated carbocycles. The molecule has 1 aromatic carbocycles. The lowest BCUT2D eigenvalue weighted by molar-refractivity contribution is -0.141. The Morgan fingerprint density at radius 1 is 1.44 bits per heavy atom. The molecule has 88 valence electrons. The van der Waals surface area contributed by atoms with Gasteiger partial charge in [-0.15, -0.1) is 0 Å². The number of benzene rings is 1. The van der Waals surface area contributed by atoms with Crippen molar-refractivity contribution in [2.75, 3.05) is 20.3 Å². The van der Waals surface area contributed by atoms with Gasteiger partial charge in [0.2, 0.25) is 0 Å². The third-order valence-electron chi connectivity index (χ3n) is 2.28. The van der Waals surface area contributed by atoms with Crippen LogP contribution >= 0.6 is 0 Å². The molecule has 0 fully saturated rings. The number of carbonyl (C=O) groups excluding carboxylic acids is 1. The fraction of sp³-hybridized carbons (Fsp3) is 0.417. The number of hydrogen-bond acceptors (Lipinski definition) is 4. The Balaban J connectivity index is 2.49. The van der Waals surface area contributed by atoms with Crippen LogP contribution < -0.4 is 10.5 Å². The van der Waals surface area contributed by atoms with Crippen molar-refractivity contribution in [3.63, 3.8) is 0 Å². The number of aryl methyl sites for hydroxylation is 1. The van der Waals surface area contributed by atoms with Crippen molar-refractivity contribution in [2.24, 2.45) is 5.73 Å². The maximum Gasteiger partial charge on any atom is 0.319 e. The maximum atomic E-state index is 10.8. The van der Waals surface area contributed by atoms with E-state index in [0.717, 1.165) is 16.9 Å². The van der Waals surface area contributed by atoms with Crippen LogP contribution in [0.25, 0.3) is 0 Å². The summed E-state index contributed by atoms with van der Waals surface area (Å²) in [6.45, 7) is 2.28. The summed E-state index contributed by atoms with van der Waals surface area (Å²) in [5.74, 6) is 0.493. The van der Waals surface area contributed by atoms with Gasteiger partial charge in [-0.25, -0.2) is 0 Å². The van der Waals surface area contributed by atoms with Crippen LogP contribution in [0.5, 0.6) is 5.75 Å². The average Bonchev–Trinajstić information content (AvgIpc) is 2.29. The van der Waals surface area contributed by atoms with Gasteiger partial charge in [-0.05, 0) is 24.1 Å². The van der Waals surface area contributed by atoms with Gasteiger partial charge in [0.1, 0.15) is 5.75 Å². The first-order valence-corrected chi connectivity index (χ1v) is 5.16. The molecule has 0 radical (unpaired) electrons. The summed E-state index contributed by atoms with van der Waals surface area (Å²) in [5.41, 5.74) is 7.31. The SMILES string of the molecule is COc1ccc(CCOC(=O)CN)cc1C. The summed E-state index contributed by atoms with van der Waals surface area (Å²) >= 11 is 0. The van der Waals surface area contributed by atoms with Crippen molar-refractivity contribution < 1.29 is 14.3 Å². The van der Waals surface area contributed by atoms with Crippen LogP contribution in [-0.4, -0.2) is 26.2 Å². The molecule has 16 heavy (non-hydrogen) atoms. The highest BCUT2D eigenvalue weighted by Gasteiger charge is 2.02. The second kappa shape index (κ2) is 6.12. The van der Waals surface area contributed by atoms with Crippen LogP contribution in [0, 0.1) is 6.92 Å². The molecule has 0 aliphatic carbocycles. The van der Waals surface area contributed by atoms with E-state index in [4.69, 9.17) is 15.2 Å². The van der Waals surface area contributed by atoms with Gasteiger partial charge in [-0.2, -0.15) is 0 Å². The van der Waals surface area contributed by atoms with Gasteiger partial charge in [-0.3, -0.25) is 4.79 Å². The number of ether oxygens (including phenoxy) is 2. The predicted molar refractivity (Wildman–Crippen MR) is 61.4 cm³/mol. The summed E-state index contributed by atoms with van der Waals surface area (Å²) in [6, 6.07) is 5.90. The van der Waals surface area contributed by atoms with Crippen LogP contribution in [0.15, 0.2) is 18.2 Å². The summed E-state index contributed by atoms with van der Waals surface area (Å²) in [5, 5.41) is 0. The number of rotatable bonds is 5. The largest absolute Gasteiger partial charge is 0.496 e. The topological polar surface area (TPSA) is 61.5 Å². The molecule has 0 bridgehead atoms. The molecule has 0 aliphatic heterocycles. The van der Waals surface area contributed by atoms with Gasteiger partial charge in [-0.1, -0.05) is 12.1 Å². The standard InChI is InChI=1S/C12H17NO3/c1-9-7-10(3-4-11(9)15-2)5-6-16-12(14)8-13/h3-4,7H,5-6,8,13H2,1-2H3. The number of methoxy groups -OCH3 is 1. The minimum absolute atomic E-state index is 0.0678. The molecule has 0 amide bonds. The summed E-state index contributed by atoms with van der Waals surface area (Å²) in [6.07, 6.45) is 0.691. The zero-order valence-electron chi connectivity index (χ0n) is 9.66. The minimum atomic E-state index is -0.370. The van der Waals surface area contributed by atoms with Gasteiger partial charge in [0.05, 0.1) is 20.3 Å². The molecule has 0 heterocycles. The van der Waals surface area contributed by atoms with Crippen molar-refractivity contribution in [3.8, 4) is 5.75 Å². The molecular weight excluding hydrogens is 206 g/mol. The van der Waals surface area contributed by atoms with Crippen molar-refractivity contribution in [1.29, 1.82) is 0 Å². The number of carbonyl (C=O) groups is 1. The van der Waals surface area contributed by atoms with E-state index in [9.17, 15) is 4.79 Å². The highest BCUT2D eigenvalue weighted by molar-refractivity contribution is 5.71. The maximum absolute atomic E-state index is 10.8. The first-order valence-electron chi connectivity index (χ1n) is 5.16.